The number of rotatable bonds is 3. The van der Waals surface area contributed by atoms with Crippen molar-refractivity contribution in [3.05, 3.63) is 64.3 Å². The van der Waals surface area contributed by atoms with Crippen molar-refractivity contribution in [1.82, 2.24) is 5.32 Å². The third-order valence-corrected chi connectivity index (χ3v) is 5.54. The van der Waals surface area contributed by atoms with Crippen LogP contribution >= 0.6 is 15.9 Å². The number of para-hydroxylation sites is 1. The summed E-state index contributed by atoms with van der Waals surface area (Å²) >= 11 is 3.45. The molecule has 0 radical (unpaired) electrons. The quantitative estimate of drug-likeness (QED) is 0.674. The van der Waals surface area contributed by atoms with Gasteiger partial charge in [-0.3, -0.25) is 4.79 Å². The first-order valence-corrected chi connectivity index (χ1v) is 9.67. The monoisotopic (exact) mass is 423 g/mol. The van der Waals surface area contributed by atoms with Crippen molar-refractivity contribution in [2.45, 2.75) is 18.9 Å². The number of nitrogens with one attached hydrogen (secondary N) is 1. The van der Waals surface area contributed by atoms with E-state index in [1.54, 1.807) is 6.07 Å². The lowest BCUT2D eigenvalue weighted by molar-refractivity contribution is 0.0905. The summed E-state index contributed by atoms with van der Waals surface area (Å²) in [6.45, 7) is 1.73. The summed E-state index contributed by atoms with van der Waals surface area (Å²) in [5.74, 6) is 0.168. The Morgan fingerprint density at radius 2 is 1.93 bits per heavy atom. The van der Waals surface area contributed by atoms with Gasteiger partial charge in [0.15, 0.2) is 5.76 Å². The fraction of sp³-hybridized carbons (Fsp3) is 0.238. The van der Waals surface area contributed by atoms with Gasteiger partial charge in [0.05, 0.1) is 16.1 Å². The molecule has 1 aromatic heterocycles. The average molecular weight is 424 g/mol. The molecule has 1 N–H and O–H groups in total. The minimum Gasteiger partial charge on any atom is -0.450 e. The zero-order valence-corrected chi connectivity index (χ0v) is 16.2. The Kier molecular flexibility index (Phi) is 4.87. The summed E-state index contributed by atoms with van der Waals surface area (Å²) in [4.78, 5) is 14.8. The predicted molar refractivity (Wildman–Crippen MR) is 108 cm³/mol. The number of carbonyl (C=O) groups excluding carboxylic acids is 1. The van der Waals surface area contributed by atoms with Crippen LogP contribution in [-0.2, 0) is 0 Å². The number of amides is 1. The Morgan fingerprint density at radius 1 is 1.19 bits per heavy atom. The minimum absolute atomic E-state index is 0.129. The van der Waals surface area contributed by atoms with Crippen LogP contribution in [0.15, 0.2) is 57.4 Å². The summed E-state index contributed by atoms with van der Waals surface area (Å²) in [6, 6.07) is 17.4. The number of nitrogens with zero attached hydrogens (tertiary/aromatic N) is 2. The van der Waals surface area contributed by atoms with Gasteiger partial charge in [-0.1, -0.05) is 12.1 Å². The van der Waals surface area contributed by atoms with E-state index in [9.17, 15) is 4.79 Å². The highest BCUT2D eigenvalue weighted by atomic mass is 79.9. The highest BCUT2D eigenvalue weighted by Gasteiger charge is 2.23. The summed E-state index contributed by atoms with van der Waals surface area (Å²) in [5.41, 5.74) is 2.47. The highest BCUT2D eigenvalue weighted by Crippen LogP contribution is 2.27. The molecule has 1 aliphatic heterocycles. The number of carbonyl (C=O) groups is 1. The largest absolute Gasteiger partial charge is 0.450 e. The molecule has 1 saturated heterocycles. The Balaban J connectivity index is 1.37. The van der Waals surface area contributed by atoms with E-state index in [2.05, 4.69) is 32.2 Å². The molecule has 4 rings (SSSR count). The number of halogens is 1. The van der Waals surface area contributed by atoms with Crippen LogP contribution in [0, 0.1) is 11.3 Å². The van der Waals surface area contributed by atoms with Crippen molar-refractivity contribution in [2.24, 2.45) is 0 Å². The van der Waals surface area contributed by atoms with E-state index < -0.39 is 0 Å². The van der Waals surface area contributed by atoms with Crippen molar-refractivity contribution >= 4 is 38.5 Å². The molecule has 1 fully saturated rings. The molecule has 2 aromatic carbocycles. The normalized spacial score (nSPS) is 14.9. The van der Waals surface area contributed by atoms with Crippen LogP contribution in [-0.4, -0.2) is 25.0 Å². The van der Waals surface area contributed by atoms with Crippen molar-refractivity contribution < 1.29 is 9.21 Å². The van der Waals surface area contributed by atoms with E-state index in [1.165, 1.54) is 0 Å². The number of fused-ring (bicyclic) bond motifs is 1. The van der Waals surface area contributed by atoms with E-state index in [1.807, 2.05) is 42.5 Å². The van der Waals surface area contributed by atoms with Gasteiger partial charge in [-0.05, 0) is 65.2 Å². The molecule has 5 nitrogen and oxygen atoms in total. The molecule has 2 heterocycles. The standard InChI is InChI=1S/C21H18BrN3O2/c22-18-3-1-2-15-12-19(27-20(15)18)21(26)24-16-8-10-25(11-9-16)17-6-4-14(13-23)5-7-17/h1-7,12,16H,8-11H2,(H,24,26). The van der Waals surface area contributed by atoms with Crippen LogP contribution in [0.5, 0.6) is 0 Å². The molecule has 1 amide bonds. The zero-order chi connectivity index (χ0) is 18.8. The van der Waals surface area contributed by atoms with Crippen molar-refractivity contribution in [1.29, 1.82) is 5.26 Å². The van der Waals surface area contributed by atoms with Gasteiger partial charge in [0, 0.05) is 30.2 Å². The first-order chi connectivity index (χ1) is 13.1. The van der Waals surface area contributed by atoms with Gasteiger partial charge in [0.25, 0.3) is 5.91 Å². The highest BCUT2D eigenvalue weighted by molar-refractivity contribution is 9.10. The first-order valence-electron chi connectivity index (χ1n) is 8.88. The van der Waals surface area contributed by atoms with E-state index in [4.69, 9.17) is 9.68 Å². The third-order valence-electron chi connectivity index (χ3n) is 4.91. The van der Waals surface area contributed by atoms with Gasteiger partial charge in [-0.2, -0.15) is 5.26 Å². The second-order valence-corrected chi connectivity index (χ2v) is 7.52. The van der Waals surface area contributed by atoms with Crippen LogP contribution < -0.4 is 10.2 Å². The van der Waals surface area contributed by atoms with Gasteiger partial charge in [-0.15, -0.1) is 0 Å². The molecule has 0 unspecified atom stereocenters. The second kappa shape index (κ2) is 7.45. The van der Waals surface area contributed by atoms with Gasteiger partial charge in [-0.25, -0.2) is 0 Å². The number of piperidine rings is 1. The van der Waals surface area contributed by atoms with Crippen LogP contribution in [0.3, 0.4) is 0 Å². The zero-order valence-electron chi connectivity index (χ0n) is 14.6. The van der Waals surface area contributed by atoms with Crippen LogP contribution in [0.4, 0.5) is 5.69 Å². The lowest BCUT2D eigenvalue weighted by atomic mass is 10.0. The summed E-state index contributed by atoms with van der Waals surface area (Å²) in [5, 5.41) is 12.9. The molecule has 27 heavy (non-hydrogen) atoms. The van der Waals surface area contributed by atoms with Gasteiger partial charge in [0.2, 0.25) is 0 Å². The Bertz CT molecular complexity index is 1010. The minimum atomic E-state index is -0.171. The summed E-state index contributed by atoms with van der Waals surface area (Å²) in [6.07, 6.45) is 1.74. The Hall–Kier alpha value is -2.78. The molecule has 6 heteroatoms. The van der Waals surface area contributed by atoms with E-state index in [0.717, 1.165) is 41.5 Å². The van der Waals surface area contributed by atoms with Crippen molar-refractivity contribution in [2.75, 3.05) is 18.0 Å². The third kappa shape index (κ3) is 3.69. The maximum Gasteiger partial charge on any atom is 0.287 e. The number of hydrogen-bond donors (Lipinski definition) is 1. The fourth-order valence-electron chi connectivity index (χ4n) is 3.42. The van der Waals surface area contributed by atoms with Crippen LogP contribution in [0.1, 0.15) is 29.0 Å². The molecule has 0 atom stereocenters. The maximum absolute atomic E-state index is 12.6. The number of anilines is 1. The summed E-state index contributed by atoms with van der Waals surface area (Å²) in [7, 11) is 0. The fourth-order valence-corrected chi connectivity index (χ4v) is 3.89. The topological polar surface area (TPSA) is 69.3 Å². The second-order valence-electron chi connectivity index (χ2n) is 6.66. The number of furan rings is 1. The predicted octanol–water partition coefficient (Wildman–Crippen LogP) is 4.47. The van der Waals surface area contributed by atoms with Gasteiger partial charge in [0.1, 0.15) is 5.58 Å². The number of nitriles is 1. The smallest absolute Gasteiger partial charge is 0.287 e. The van der Waals surface area contributed by atoms with Crippen LogP contribution in [0.25, 0.3) is 11.0 Å². The first kappa shape index (κ1) is 17.6. The Morgan fingerprint density at radius 3 is 2.59 bits per heavy atom. The molecular formula is C21H18BrN3O2. The molecule has 0 saturated carbocycles. The number of benzene rings is 2. The van der Waals surface area contributed by atoms with E-state index in [-0.39, 0.29) is 11.9 Å². The van der Waals surface area contributed by atoms with Crippen molar-refractivity contribution in [3.8, 4) is 6.07 Å². The van der Waals surface area contributed by atoms with E-state index >= 15 is 0 Å². The lowest BCUT2D eigenvalue weighted by Crippen LogP contribution is -2.44. The van der Waals surface area contributed by atoms with Crippen molar-refractivity contribution in [3.63, 3.8) is 0 Å². The summed E-state index contributed by atoms with van der Waals surface area (Å²) < 4.78 is 6.56. The Labute approximate surface area is 165 Å². The lowest BCUT2D eigenvalue weighted by Gasteiger charge is -2.33. The molecule has 1 aliphatic rings. The molecule has 3 aromatic rings. The van der Waals surface area contributed by atoms with E-state index in [0.29, 0.717) is 16.9 Å². The van der Waals surface area contributed by atoms with Gasteiger partial charge < -0.3 is 14.6 Å². The van der Waals surface area contributed by atoms with Gasteiger partial charge >= 0.3 is 0 Å². The van der Waals surface area contributed by atoms with Crippen LogP contribution in [0.2, 0.25) is 0 Å². The molecule has 0 aliphatic carbocycles. The average Bonchev–Trinajstić information content (AvgIpc) is 3.15. The SMILES string of the molecule is N#Cc1ccc(N2CCC(NC(=O)c3cc4cccc(Br)c4o3)CC2)cc1. The molecular weight excluding hydrogens is 406 g/mol. The molecule has 0 bridgehead atoms. The number of hydrogen-bond acceptors (Lipinski definition) is 4. The maximum atomic E-state index is 12.6. The molecule has 136 valence electrons. The molecule has 0 spiro atoms.